The molecule has 26 heavy (non-hydrogen) atoms. The molecular weight excluding hydrogens is 326 g/mol. The van der Waals surface area contributed by atoms with Gasteiger partial charge >= 0.3 is 0 Å². The van der Waals surface area contributed by atoms with Crippen LogP contribution in [0, 0.1) is 0 Å². The minimum absolute atomic E-state index is 0.0325. The molecule has 0 aromatic carbocycles. The number of fused-ring (bicyclic) bond motifs is 1. The van der Waals surface area contributed by atoms with Crippen LogP contribution < -0.4 is 4.90 Å². The Kier molecular flexibility index (Phi) is 4.16. The first-order valence-electron chi connectivity index (χ1n) is 8.69. The van der Waals surface area contributed by atoms with E-state index in [0.29, 0.717) is 0 Å². The van der Waals surface area contributed by atoms with Gasteiger partial charge in [0.15, 0.2) is 0 Å². The van der Waals surface area contributed by atoms with Crippen LogP contribution in [-0.4, -0.2) is 51.9 Å². The van der Waals surface area contributed by atoms with Gasteiger partial charge in [0.2, 0.25) is 5.91 Å². The maximum atomic E-state index is 11.9. The van der Waals surface area contributed by atoms with Crippen molar-refractivity contribution in [2.24, 2.45) is 0 Å². The van der Waals surface area contributed by atoms with Crippen LogP contribution in [0.25, 0.3) is 22.2 Å². The number of carbonyl (C=O) groups is 1. The second kappa shape index (κ2) is 6.63. The van der Waals surface area contributed by atoms with Gasteiger partial charge in [-0.2, -0.15) is 0 Å². The van der Waals surface area contributed by atoms with Crippen molar-refractivity contribution in [2.45, 2.75) is 12.5 Å². The predicted molar refractivity (Wildman–Crippen MR) is 103 cm³/mol. The number of aromatic nitrogens is 3. The smallest absolute Gasteiger partial charge is 0.246 e. The van der Waals surface area contributed by atoms with Crippen LogP contribution in [-0.2, 0) is 4.79 Å². The molecule has 1 atom stereocenters. The molecule has 0 saturated carbocycles. The second-order valence-corrected chi connectivity index (χ2v) is 6.58. The van der Waals surface area contributed by atoms with Crippen LogP contribution in [0.15, 0.2) is 55.6 Å². The average molecular weight is 347 g/mol. The number of H-pyrrole nitrogens is 1. The predicted octanol–water partition coefficient (Wildman–Crippen LogP) is 2.85. The summed E-state index contributed by atoms with van der Waals surface area (Å²) in [5.74, 6) is -0.0325. The molecule has 1 saturated heterocycles. The van der Waals surface area contributed by atoms with E-state index in [9.17, 15) is 4.79 Å². The lowest BCUT2D eigenvalue weighted by atomic mass is 10.1. The lowest BCUT2D eigenvalue weighted by Crippen LogP contribution is -2.38. The van der Waals surface area contributed by atoms with Crippen LogP contribution in [0.1, 0.15) is 6.42 Å². The van der Waals surface area contributed by atoms with Gasteiger partial charge in [-0.15, -0.1) is 0 Å². The molecule has 132 valence electrons. The molecule has 1 aliphatic rings. The standard InChI is InChI=1S/C20H21N5O/c1-3-19(26)24(2)15-6-8-25(13-15)16-9-17-18(12-23-20(17)22-11-16)14-5-4-7-21-10-14/h3-5,7,9-12,15H,1,6,8,13H2,2H3,(H,22,23)/t15-/m0/s1. The summed E-state index contributed by atoms with van der Waals surface area (Å²) in [6.07, 6.45) is 9.81. The fraction of sp³-hybridized carbons (Fsp3) is 0.250. The Morgan fingerprint density at radius 3 is 3.12 bits per heavy atom. The molecule has 1 amide bonds. The maximum Gasteiger partial charge on any atom is 0.246 e. The van der Waals surface area contributed by atoms with E-state index in [0.717, 1.165) is 47.4 Å². The normalized spacial score (nSPS) is 16.8. The molecule has 0 radical (unpaired) electrons. The Balaban J connectivity index is 1.62. The molecule has 0 unspecified atom stereocenters. The number of carbonyl (C=O) groups excluding carboxylic acids is 1. The fourth-order valence-electron chi connectivity index (χ4n) is 3.54. The Bertz CT molecular complexity index is 949. The molecule has 0 spiro atoms. The highest BCUT2D eigenvalue weighted by atomic mass is 16.2. The summed E-state index contributed by atoms with van der Waals surface area (Å²) in [6, 6.07) is 6.34. The quantitative estimate of drug-likeness (QED) is 0.737. The van der Waals surface area contributed by atoms with Crippen LogP contribution in [0.2, 0.25) is 0 Å². The fourth-order valence-corrected chi connectivity index (χ4v) is 3.54. The second-order valence-electron chi connectivity index (χ2n) is 6.58. The highest BCUT2D eigenvalue weighted by molar-refractivity contribution is 5.95. The molecule has 1 aliphatic heterocycles. The monoisotopic (exact) mass is 347 g/mol. The SMILES string of the molecule is C=CC(=O)N(C)[C@H]1CCN(c2cnc3[nH]cc(-c4cccnc4)c3c2)C1. The summed E-state index contributed by atoms with van der Waals surface area (Å²) in [4.78, 5) is 27.9. The van der Waals surface area contributed by atoms with Crippen LogP contribution in [0.4, 0.5) is 5.69 Å². The summed E-state index contributed by atoms with van der Waals surface area (Å²) < 4.78 is 0. The van der Waals surface area contributed by atoms with Crippen molar-refractivity contribution in [2.75, 3.05) is 25.0 Å². The van der Waals surface area contributed by atoms with E-state index in [4.69, 9.17) is 0 Å². The van der Waals surface area contributed by atoms with Crippen molar-refractivity contribution in [1.29, 1.82) is 0 Å². The first-order chi connectivity index (χ1) is 12.7. The van der Waals surface area contributed by atoms with Crippen LogP contribution >= 0.6 is 0 Å². The topological polar surface area (TPSA) is 65.1 Å². The van der Waals surface area contributed by atoms with E-state index in [1.165, 1.54) is 6.08 Å². The molecule has 0 bridgehead atoms. The van der Waals surface area contributed by atoms with Crippen LogP contribution in [0.5, 0.6) is 0 Å². The number of nitrogens with zero attached hydrogens (tertiary/aromatic N) is 4. The Morgan fingerprint density at radius 2 is 2.35 bits per heavy atom. The summed E-state index contributed by atoms with van der Waals surface area (Å²) in [5, 5.41) is 1.08. The van der Waals surface area contributed by atoms with Gasteiger partial charge in [-0.25, -0.2) is 4.98 Å². The molecule has 3 aromatic rings. The minimum Gasteiger partial charge on any atom is -0.368 e. The van der Waals surface area contributed by atoms with Gasteiger partial charge in [0.05, 0.1) is 17.9 Å². The van der Waals surface area contributed by atoms with E-state index >= 15 is 0 Å². The van der Waals surface area contributed by atoms with Crippen molar-refractivity contribution in [1.82, 2.24) is 19.9 Å². The Labute approximate surface area is 152 Å². The number of rotatable bonds is 4. The van der Waals surface area contributed by atoms with Gasteiger partial charge < -0.3 is 14.8 Å². The molecule has 1 N–H and O–H groups in total. The number of nitrogens with one attached hydrogen (secondary N) is 1. The number of amides is 1. The summed E-state index contributed by atoms with van der Waals surface area (Å²) in [5.41, 5.74) is 4.09. The number of anilines is 1. The third-order valence-corrected chi connectivity index (χ3v) is 5.09. The molecule has 3 aromatic heterocycles. The molecule has 4 rings (SSSR count). The highest BCUT2D eigenvalue weighted by Gasteiger charge is 2.28. The van der Waals surface area contributed by atoms with E-state index in [2.05, 4.69) is 32.5 Å². The van der Waals surface area contributed by atoms with Crippen molar-refractivity contribution in [3.05, 3.63) is 55.6 Å². The van der Waals surface area contributed by atoms with Crippen molar-refractivity contribution < 1.29 is 4.79 Å². The average Bonchev–Trinajstić information content (AvgIpc) is 3.34. The highest BCUT2D eigenvalue weighted by Crippen LogP contribution is 2.31. The van der Waals surface area contributed by atoms with E-state index in [1.54, 1.807) is 11.1 Å². The van der Waals surface area contributed by atoms with Crippen molar-refractivity contribution in [3.63, 3.8) is 0 Å². The molecule has 4 heterocycles. The molecular formula is C20H21N5O. The molecule has 6 heteroatoms. The number of likely N-dealkylation sites (N-methyl/N-ethyl adjacent to an activating group) is 1. The summed E-state index contributed by atoms with van der Waals surface area (Å²) >= 11 is 0. The zero-order valence-electron chi connectivity index (χ0n) is 14.7. The Morgan fingerprint density at radius 1 is 1.46 bits per heavy atom. The van der Waals surface area contributed by atoms with Crippen molar-refractivity contribution >= 4 is 22.6 Å². The van der Waals surface area contributed by atoms with Crippen LogP contribution in [0.3, 0.4) is 0 Å². The van der Waals surface area contributed by atoms with Gasteiger partial charge in [0.1, 0.15) is 5.65 Å². The largest absolute Gasteiger partial charge is 0.368 e. The number of hydrogen-bond acceptors (Lipinski definition) is 4. The molecule has 0 aliphatic carbocycles. The third kappa shape index (κ3) is 2.83. The van der Waals surface area contributed by atoms with Gasteiger partial charge in [0, 0.05) is 55.2 Å². The van der Waals surface area contributed by atoms with E-state index < -0.39 is 0 Å². The molecule has 1 fully saturated rings. The van der Waals surface area contributed by atoms with Gasteiger partial charge in [0.25, 0.3) is 0 Å². The zero-order chi connectivity index (χ0) is 18.1. The van der Waals surface area contributed by atoms with Crippen molar-refractivity contribution in [3.8, 4) is 11.1 Å². The minimum atomic E-state index is -0.0325. The first-order valence-corrected chi connectivity index (χ1v) is 8.69. The Hall–Kier alpha value is -3.15. The lowest BCUT2D eigenvalue weighted by Gasteiger charge is -2.24. The number of hydrogen-bond donors (Lipinski definition) is 1. The number of pyridine rings is 2. The maximum absolute atomic E-state index is 11.9. The first kappa shape index (κ1) is 16.3. The third-order valence-electron chi connectivity index (χ3n) is 5.09. The van der Waals surface area contributed by atoms with E-state index in [-0.39, 0.29) is 11.9 Å². The van der Waals surface area contributed by atoms with E-state index in [1.807, 2.05) is 37.8 Å². The van der Waals surface area contributed by atoms with Gasteiger partial charge in [-0.1, -0.05) is 12.6 Å². The number of aromatic amines is 1. The molecule has 6 nitrogen and oxygen atoms in total. The summed E-state index contributed by atoms with van der Waals surface area (Å²) in [6.45, 7) is 5.28. The van der Waals surface area contributed by atoms with Gasteiger partial charge in [-0.05, 0) is 24.6 Å². The summed E-state index contributed by atoms with van der Waals surface area (Å²) in [7, 11) is 1.84. The van der Waals surface area contributed by atoms with Gasteiger partial charge in [-0.3, -0.25) is 9.78 Å². The zero-order valence-corrected chi connectivity index (χ0v) is 14.7. The lowest BCUT2D eigenvalue weighted by molar-refractivity contribution is -0.126.